The summed E-state index contributed by atoms with van der Waals surface area (Å²) in [6, 6.07) is 33.4. The molecule has 5 aromatic carbocycles. The molecule has 45 heavy (non-hydrogen) atoms. The molecule has 3 aliphatic rings. The summed E-state index contributed by atoms with van der Waals surface area (Å²) in [5.74, 6) is 0.939. The van der Waals surface area contributed by atoms with E-state index < -0.39 is 0 Å². The Bertz CT molecular complexity index is 2710. The Morgan fingerprint density at radius 2 is 1.62 bits per heavy atom. The average molecular weight is 578 g/mol. The van der Waals surface area contributed by atoms with Crippen LogP contribution in [-0.4, -0.2) is 16.2 Å². The van der Waals surface area contributed by atoms with Gasteiger partial charge in [-0.05, 0) is 63.7 Å². The largest absolute Gasteiger partial charge is 0.455 e. The van der Waals surface area contributed by atoms with Crippen molar-refractivity contribution in [1.82, 2.24) is 4.40 Å². The highest BCUT2D eigenvalue weighted by atomic mass is 16.3. The lowest BCUT2D eigenvalue weighted by Crippen LogP contribution is -2.29. The van der Waals surface area contributed by atoms with E-state index in [1.807, 2.05) is 6.07 Å². The molecule has 1 unspecified atom stereocenters. The van der Waals surface area contributed by atoms with E-state index in [1.54, 1.807) is 0 Å². The third kappa shape index (κ3) is 2.81. The SMILES string of the molecule is CC1(C)c2ccccc2-c2cccc(-c3ccc4c(c3)c3cc5c6ccccc6oc5c5c6c(n4c35)N=C3C=CC=CC3N6)c21. The molecule has 0 bridgehead atoms. The molecule has 0 amide bonds. The molecule has 2 aliphatic carbocycles. The molecule has 1 aliphatic heterocycles. The van der Waals surface area contributed by atoms with Gasteiger partial charge in [0.25, 0.3) is 0 Å². The molecule has 0 radical (unpaired) electrons. The van der Waals surface area contributed by atoms with Crippen molar-refractivity contribution in [3.8, 4) is 22.3 Å². The van der Waals surface area contributed by atoms with Gasteiger partial charge in [0, 0.05) is 27.0 Å². The molecular weight excluding hydrogens is 550 g/mol. The third-order valence-corrected chi connectivity index (χ3v) is 10.5. The number of fused-ring (bicyclic) bond motifs is 14. The molecule has 11 rings (SSSR count). The summed E-state index contributed by atoms with van der Waals surface area (Å²) in [7, 11) is 0. The zero-order chi connectivity index (χ0) is 29.6. The first-order chi connectivity index (χ1) is 22.1. The van der Waals surface area contributed by atoms with E-state index in [0.717, 1.165) is 55.6 Å². The van der Waals surface area contributed by atoms with Gasteiger partial charge in [-0.3, -0.25) is 4.40 Å². The van der Waals surface area contributed by atoms with Crippen LogP contribution < -0.4 is 5.32 Å². The van der Waals surface area contributed by atoms with Gasteiger partial charge < -0.3 is 9.73 Å². The molecule has 3 aromatic heterocycles. The number of anilines is 1. The maximum Gasteiger partial charge on any atom is 0.162 e. The second kappa shape index (κ2) is 7.91. The summed E-state index contributed by atoms with van der Waals surface area (Å²) >= 11 is 0. The van der Waals surface area contributed by atoms with Gasteiger partial charge in [-0.25, -0.2) is 4.99 Å². The molecule has 8 aromatic rings. The lowest BCUT2D eigenvalue weighted by molar-refractivity contribution is 0.662. The predicted octanol–water partition coefficient (Wildman–Crippen LogP) is 10.5. The van der Waals surface area contributed by atoms with Crippen LogP contribution in [0.4, 0.5) is 11.5 Å². The minimum absolute atomic E-state index is 0.0403. The molecule has 4 heteroatoms. The maximum atomic E-state index is 6.63. The third-order valence-electron chi connectivity index (χ3n) is 10.5. The van der Waals surface area contributed by atoms with E-state index in [-0.39, 0.29) is 11.5 Å². The van der Waals surface area contributed by atoms with Crippen LogP contribution in [0.3, 0.4) is 0 Å². The lowest BCUT2D eigenvalue weighted by Gasteiger charge is -2.24. The number of hydrogen-bond donors (Lipinski definition) is 1. The Balaban J connectivity index is 1.26. The predicted molar refractivity (Wildman–Crippen MR) is 187 cm³/mol. The van der Waals surface area contributed by atoms with E-state index in [0.29, 0.717) is 0 Å². The fourth-order valence-corrected chi connectivity index (χ4v) is 8.57. The first-order valence-corrected chi connectivity index (χ1v) is 15.7. The Morgan fingerprint density at radius 1 is 0.778 bits per heavy atom. The number of benzene rings is 5. The normalized spacial score (nSPS) is 17.6. The van der Waals surface area contributed by atoms with Gasteiger partial charge in [0.2, 0.25) is 0 Å². The second-order valence-electron chi connectivity index (χ2n) is 13.2. The zero-order valence-electron chi connectivity index (χ0n) is 24.8. The first kappa shape index (κ1) is 23.8. The average Bonchev–Trinajstić information content (AvgIpc) is 3.77. The van der Waals surface area contributed by atoms with E-state index >= 15 is 0 Å². The molecule has 0 fully saturated rings. The van der Waals surface area contributed by atoms with E-state index in [2.05, 4.69) is 133 Å². The van der Waals surface area contributed by atoms with Gasteiger partial charge >= 0.3 is 0 Å². The molecule has 212 valence electrons. The summed E-state index contributed by atoms with van der Waals surface area (Å²) in [5.41, 5.74) is 14.1. The Hall–Kier alpha value is -5.61. The highest BCUT2D eigenvalue weighted by Gasteiger charge is 2.37. The van der Waals surface area contributed by atoms with Crippen LogP contribution in [0, 0.1) is 0 Å². The van der Waals surface area contributed by atoms with Crippen LogP contribution >= 0.6 is 0 Å². The molecule has 0 spiro atoms. The molecule has 1 atom stereocenters. The Morgan fingerprint density at radius 3 is 2.58 bits per heavy atom. The number of allylic oxidation sites excluding steroid dienone is 2. The summed E-state index contributed by atoms with van der Waals surface area (Å²) < 4.78 is 8.98. The number of para-hydroxylation sites is 1. The monoisotopic (exact) mass is 577 g/mol. The summed E-state index contributed by atoms with van der Waals surface area (Å²) in [5, 5.41) is 9.66. The minimum atomic E-state index is -0.0892. The van der Waals surface area contributed by atoms with Gasteiger partial charge in [0.05, 0.1) is 33.9 Å². The maximum absolute atomic E-state index is 6.63. The molecule has 4 heterocycles. The van der Waals surface area contributed by atoms with Crippen LogP contribution in [0.1, 0.15) is 25.0 Å². The van der Waals surface area contributed by atoms with Crippen molar-refractivity contribution >= 4 is 66.3 Å². The number of nitrogens with zero attached hydrogens (tertiary/aromatic N) is 2. The minimum Gasteiger partial charge on any atom is -0.455 e. The fraction of sp³-hybridized carbons (Fsp3) is 0.0976. The standard InChI is InChI=1S/C41H27N3O/c1-41(2)30-14-5-3-10-24(30)26-13-9-12-23(36(26)41)22-18-19-33-27(20-22)28-21-29-25-11-4-8-17-34(25)45-39(29)35-37-40(44(33)38(28)35)43-32-16-7-6-15-31(32)42-37/h3-21,31,42H,1-2H3. The van der Waals surface area contributed by atoms with Crippen molar-refractivity contribution in [3.05, 3.63) is 126 Å². The molecule has 4 nitrogen and oxygen atoms in total. The topological polar surface area (TPSA) is 41.9 Å². The number of hydrogen-bond acceptors (Lipinski definition) is 3. The number of furan rings is 1. The number of aliphatic imine (C=N–C) groups is 1. The van der Waals surface area contributed by atoms with Gasteiger partial charge in [-0.15, -0.1) is 0 Å². The quantitative estimate of drug-likeness (QED) is 0.211. The van der Waals surface area contributed by atoms with Crippen LogP contribution in [0.25, 0.3) is 71.4 Å². The highest BCUT2D eigenvalue weighted by Crippen LogP contribution is 2.54. The fourth-order valence-electron chi connectivity index (χ4n) is 8.57. The van der Waals surface area contributed by atoms with Crippen molar-refractivity contribution in [3.63, 3.8) is 0 Å². The summed E-state index contributed by atoms with van der Waals surface area (Å²) in [4.78, 5) is 5.28. The van der Waals surface area contributed by atoms with Gasteiger partial charge in [0.15, 0.2) is 5.82 Å². The summed E-state index contributed by atoms with van der Waals surface area (Å²) in [6.07, 6.45) is 8.44. The van der Waals surface area contributed by atoms with E-state index in [9.17, 15) is 0 Å². The van der Waals surface area contributed by atoms with Crippen molar-refractivity contribution in [1.29, 1.82) is 0 Å². The molecule has 0 saturated carbocycles. The molecule has 1 N–H and O–H groups in total. The van der Waals surface area contributed by atoms with Crippen LogP contribution in [0.15, 0.2) is 125 Å². The van der Waals surface area contributed by atoms with Crippen LogP contribution in [-0.2, 0) is 5.41 Å². The van der Waals surface area contributed by atoms with Crippen molar-refractivity contribution < 1.29 is 4.42 Å². The van der Waals surface area contributed by atoms with E-state index in [1.165, 1.54) is 44.2 Å². The number of aromatic nitrogens is 1. The van der Waals surface area contributed by atoms with Gasteiger partial charge in [-0.2, -0.15) is 0 Å². The highest BCUT2D eigenvalue weighted by molar-refractivity contribution is 6.31. The van der Waals surface area contributed by atoms with Crippen LogP contribution in [0.2, 0.25) is 0 Å². The smallest absolute Gasteiger partial charge is 0.162 e. The Kier molecular flexibility index (Phi) is 4.18. The number of nitrogens with one attached hydrogen (secondary N) is 1. The van der Waals surface area contributed by atoms with Crippen molar-refractivity contribution in [2.24, 2.45) is 4.99 Å². The molecule has 0 saturated heterocycles. The van der Waals surface area contributed by atoms with Gasteiger partial charge in [-0.1, -0.05) is 98.8 Å². The molecular formula is C41H27N3O. The Labute approximate surface area is 258 Å². The zero-order valence-corrected chi connectivity index (χ0v) is 24.8. The lowest BCUT2D eigenvalue weighted by atomic mass is 9.79. The second-order valence-corrected chi connectivity index (χ2v) is 13.2. The van der Waals surface area contributed by atoms with E-state index in [4.69, 9.17) is 9.41 Å². The van der Waals surface area contributed by atoms with Crippen molar-refractivity contribution in [2.75, 3.05) is 5.32 Å². The van der Waals surface area contributed by atoms with Crippen LogP contribution in [0.5, 0.6) is 0 Å². The van der Waals surface area contributed by atoms with Gasteiger partial charge in [0.1, 0.15) is 11.2 Å². The first-order valence-electron chi connectivity index (χ1n) is 15.7. The number of rotatable bonds is 1. The van der Waals surface area contributed by atoms with Crippen molar-refractivity contribution in [2.45, 2.75) is 25.3 Å². The summed E-state index contributed by atoms with van der Waals surface area (Å²) in [6.45, 7) is 4.73.